The van der Waals surface area contributed by atoms with E-state index in [4.69, 9.17) is 12.2 Å². The summed E-state index contributed by atoms with van der Waals surface area (Å²) < 4.78 is 30.0. The van der Waals surface area contributed by atoms with Gasteiger partial charge in [0, 0.05) is 44.5 Å². The number of rotatable bonds is 2. The molecule has 1 aliphatic carbocycles. The minimum absolute atomic E-state index is 0.0494. The van der Waals surface area contributed by atoms with Gasteiger partial charge < -0.3 is 19.4 Å². The van der Waals surface area contributed by atoms with E-state index in [1.54, 1.807) is 6.20 Å². The first-order chi connectivity index (χ1) is 12.9. The lowest BCUT2D eigenvalue weighted by molar-refractivity contribution is 0.0650. The highest BCUT2D eigenvalue weighted by Crippen LogP contribution is 2.32. The Morgan fingerprint density at radius 1 is 1.22 bits per heavy atom. The molecule has 1 atom stereocenters. The van der Waals surface area contributed by atoms with Gasteiger partial charge in [-0.3, -0.25) is 4.79 Å². The van der Waals surface area contributed by atoms with Crippen LogP contribution in [0.4, 0.5) is 8.78 Å². The Morgan fingerprint density at radius 2 is 1.96 bits per heavy atom. The highest BCUT2D eigenvalue weighted by atomic mass is 32.1. The summed E-state index contributed by atoms with van der Waals surface area (Å²) in [6.07, 6.45) is 3.27. The molecule has 1 amide bonds. The number of H-pyrrole nitrogens is 1. The molecule has 1 aromatic heterocycles. The van der Waals surface area contributed by atoms with Crippen molar-refractivity contribution in [1.82, 2.24) is 19.4 Å². The van der Waals surface area contributed by atoms with Crippen LogP contribution in [0.1, 0.15) is 34.1 Å². The summed E-state index contributed by atoms with van der Waals surface area (Å²) in [5.41, 5.74) is 1.75. The van der Waals surface area contributed by atoms with Crippen molar-refractivity contribution in [3.05, 3.63) is 51.6 Å². The Morgan fingerprint density at radius 3 is 2.70 bits per heavy atom. The highest BCUT2D eigenvalue weighted by Gasteiger charge is 2.29. The summed E-state index contributed by atoms with van der Waals surface area (Å²) in [6, 6.07) is 2.23. The molecular formula is C19H22F2N4OS. The number of benzene rings is 1. The van der Waals surface area contributed by atoms with Crippen LogP contribution >= 0.6 is 12.2 Å². The second-order valence-electron chi connectivity index (χ2n) is 7.37. The number of nitrogens with one attached hydrogen (secondary N) is 1. The number of hydrogen-bond acceptors (Lipinski definition) is 3. The zero-order chi connectivity index (χ0) is 19.1. The lowest BCUT2D eigenvalue weighted by atomic mass is 9.87. The number of nitrogens with zero attached hydrogens (tertiary/aromatic N) is 3. The van der Waals surface area contributed by atoms with E-state index in [0.29, 0.717) is 53.9 Å². The molecule has 1 saturated heterocycles. The zero-order valence-electron chi connectivity index (χ0n) is 15.2. The number of fused-ring (bicyclic) bond motifs is 1. The van der Waals surface area contributed by atoms with Gasteiger partial charge in [0.2, 0.25) is 0 Å². The first-order valence-corrected chi connectivity index (χ1v) is 9.59. The van der Waals surface area contributed by atoms with Crippen LogP contribution in [0, 0.1) is 16.4 Å². The Labute approximate surface area is 161 Å². The quantitative estimate of drug-likeness (QED) is 0.800. The van der Waals surface area contributed by atoms with Gasteiger partial charge in [0.25, 0.3) is 5.91 Å². The van der Waals surface area contributed by atoms with Gasteiger partial charge in [-0.25, -0.2) is 8.78 Å². The van der Waals surface area contributed by atoms with E-state index in [9.17, 15) is 13.6 Å². The molecule has 5 nitrogen and oxygen atoms in total. The van der Waals surface area contributed by atoms with Gasteiger partial charge in [0.15, 0.2) is 4.77 Å². The maximum atomic E-state index is 14.0. The molecule has 1 fully saturated rings. The van der Waals surface area contributed by atoms with E-state index in [0.717, 1.165) is 19.2 Å². The molecule has 1 unspecified atom stereocenters. The average Bonchev–Trinajstić information content (AvgIpc) is 3.02. The van der Waals surface area contributed by atoms with E-state index in [1.165, 1.54) is 6.07 Å². The van der Waals surface area contributed by atoms with Crippen molar-refractivity contribution in [1.29, 1.82) is 0 Å². The van der Waals surface area contributed by atoms with E-state index in [-0.39, 0.29) is 11.9 Å². The number of halogens is 2. The summed E-state index contributed by atoms with van der Waals surface area (Å²) in [5, 5.41) is 0. The van der Waals surface area contributed by atoms with E-state index in [1.807, 2.05) is 16.5 Å². The number of aromatic nitrogens is 2. The van der Waals surface area contributed by atoms with Crippen molar-refractivity contribution in [2.24, 2.45) is 0 Å². The molecule has 27 heavy (non-hydrogen) atoms. The normalized spacial score (nSPS) is 20.6. The number of amides is 1. The van der Waals surface area contributed by atoms with Crippen molar-refractivity contribution in [3.8, 4) is 0 Å². The molecule has 4 rings (SSSR count). The highest BCUT2D eigenvalue weighted by molar-refractivity contribution is 7.71. The Balaban J connectivity index is 1.62. The third-order valence-electron chi connectivity index (χ3n) is 5.62. The summed E-state index contributed by atoms with van der Waals surface area (Å²) in [6.45, 7) is 3.03. The SMILES string of the molecule is CN1CCN(C(=O)c2c[nH]c(=S)n2C2CCc3c(F)cc(F)cc3C2)CC1. The second-order valence-corrected chi connectivity index (χ2v) is 7.75. The predicted octanol–water partition coefficient (Wildman–Crippen LogP) is 2.94. The van der Waals surface area contributed by atoms with Gasteiger partial charge in [-0.1, -0.05) is 0 Å². The maximum Gasteiger partial charge on any atom is 0.272 e. The molecule has 2 aromatic rings. The minimum atomic E-state index is -0.571. The molecule has 2 heterocycles. The fourth-order valence-corrected chi connectivity index (χ4v) is 4.39. The fraction of sp³-hybridized carbons (Fsp3) is 0.474. The number of imidazole rings is 1. The maximum absolute atomic E-state index is 14.0. The van der Waals surface area contributed by atoms with Crippen molar-refractivity contribution in [2.45, 2.75) is 25.3 Å². The molecule has 0 spiro atoms. The van der Waals surface area contributed by atoms with Crippen LogP contribution in [0.3, 0.4) is 0 Å². The third kappa shape index (κ3) is 3.43. The van der Waals surface area contributed by atoms with Crippen molar-refractivity contribution >= 4 is 18.1 Å². The van der Waals surface area contributed by atoms with E-state index < -0.39 is 11.6 Å². The number of carbonyl (C=O) groups excluding carboxylic acids is 1. The first-order valence-electron chi connectivity index (χ1n) is 9.18. The Hall–Kier alpha value is -2.06. The number of likely N-dealkylation sites (N-methyl/N-ethyl adjacent to an activating group) is 1. The van der Waals surface area contributed by atoms with E-state index in [2.05, 4.69) is 9.88 Å². The lowest BCUT2D eigenvalue weighted by Crippen LogP contribution is -2.47. The topological polar surface area (TPSA) is 44.3 Å². The zero-order valence-corrected chi connectivity index (χ0v) is 16.0. The molecular weight excluding hydrogens is 370 g/mol. The van der Waals surface area contributed by atoms with Gasteiger partial charge in [-0.2, -0.15) is 0 Å². The molecule has 8 heteroatoms. The molecule has 1 aliphatic heterocycles. The van der Waals surface area contributed by atoms with Crippen LogP contribution in [-0.2, 0) is 12.8 Å². The largest absolute Gasteiger partial charge is 0.337 e. The molecule has 2 aliphatic rings. The molecule has 1 aromatic carbocycles. The van der Waals surface area contributed by atoms with Crippen molar-refractivity contribution < 1.29 is 13.6 Å². The second kappa shape index (κ2) is 7.16. The Kier molecular flexibility index (Phi) is 4.86. The molecule has 144 valence electrons. The summed E-state index contributed by atoms with van der Waals surface area (Å²) >= 11 is 5.42. The van der Waals surface area contributed by atoms with Gasteiger partial charge >= 0.3 is 0 Å². The van der Waals surface area contributed by atoms with E-state index >= 15 is 0 Å². The Bertz CT molecular complexity index is 930. The van der Waals surface area contributed by atoms with Gasteiger partial charge in [0.05, 0.1) is 0 Å². The van der Waals surface area contributed by atoms with Crippen LogP contribution in [0.25, 0.3) is 0 Å². The molecule has 0 radical (unpaired) electrons. The van der Waals surface area contributed by atoms with Crippen molar-refractivity contribution in [3.63, 3.8) is 0 Å². The smallest absolute Gasteiger partial charge is 0.272 e. The third-order valence-corrected chi connectivity index (χ3v) is 5.94. The first kappa shape index (κ1) is 18.3. The van der Waals surface area contributed by atoms with Crippen LogP contribution in [0.2, 0.25) is 0 Å². The molecule has 0 bridgehead atoms. The number of aromatic amines is 1. The summed E-state index contributed by atoms with van der Waals surface area (Å²) in [5.74, 6) is -1.11. The molecule has 1 N–H and O–H groups in total. The molecule has 0 saturated carbocycles. The minimum Gasteiger partial charge on any atom is -0.337 e. The lowest BCUT2D eigenvalue weighted by Gasteiger charge is -2.33. The van der Waals surface area contributed by atoms with Gasteiger partial charge in [0.1, 0.15) is 17.3 Å². The van der Waals surface area contributed by atoms with Crippen LogP contribution in [-0.4, -0.2) is 58.5 Å². The number of piperazine rings is 1. The average molecular weight is 392 g/mol. The predicted molar refractivity (Wildman–Crippen MR) is 100 cm³/mol. The van der Waals surface area contributed by atoms with Gasteiger partial charge in [-0.05, 0) is 55.7 Å². The summed E-state index contributed by atoms with van der Waals surface area (Å²) in [4.78, 5) is 20.0. The van der Waals surface area contributed by atoms with Crippen molar-refractivity contribution in [2.75, 3.05) is 33.2 Å². The summed E-state index contributed by atoms with van der Waals surface area (Å²) in [7, 11) is 2.04. The monoisotopic (exact) mass is 392 g/mol. The standard InChI is InChI=1S/C19H22F2N4OS/c1-23-4-6-24(7-5-23)18(26)17-11-22-19(27)25(17)14-2-3-15-12(9-14)8-13(20)10-16(15)21/h8,10-11,14H,2-7,9H2,1H3,(H,22,27). The van der Waals surface area contributed by atoms with Crippen LogP contribution in [0.15, 0.2) is 18.3 Å². The van der Waals surface area contributed by atoms with Crippen LogP contribution in [0.5, 0.6) is 0 Å². The fourth-order valence-electron chi connectivity index (χ4n) is 4.08. The number of carbonyl (C=O) groups is 1. The van der Waals surface area contributed by atoms with Crippen LogP contribution < -0.4 is 0 Å². The van der Waals surface area contributed by atoms with Gasteiger partial charge in [-0.15, -0.1) is 0 Å². The number of hydrogen-bond donors (Lipinski definition) is 1.